The second kappa shape index (κ2) is 6.55. The number of halogens is 1. The molecule has 3 N–H and O–H groups in total. The van der Waals surface area contributed by atoms with Gasteiger partial charge < -0.3 is 5.84 Å². The average Bonchev–Trinajstić information content (AvgIpc) is 2.49. The van der Waals surface area contributed by atoms with Gasteiger partial charge in [0.25, 0.3) is 5.91 Å². The number of benzene rings is 1. The molecule has 7 heteroatoms. The van der Waals surface area contributed by atoms with Gasteiger partial charge in [-0.2, -0.15) is 5.10 Å². The molecule has 1 aromatic carbocycles. The number of hydrazine groups is 1. The van der Waals surface area contributed by atoms with Crippen molar-refractivity contribution >= 4 is 23.1 Å². The number of amides is 1. The molecule has 0 saturated carbocycles. The third kappa shape index (κ3) is 3.41. The van der Waals surface area contributed by atoms with Gasteiger partial charge in [0.2, 0.25) is 0 Å². The van der Waals surface area contributed by atoms with Gasteiger partial charge in [0.15, 0.2) is 5.84 Å². The Morgan fingerprint density at radius 3 is 2.64 bits per heavy atom. The number of amidine groups is 1. The van der Waals surface area contributed by atoms with Crippen molar-refractivity contribution in [2.75, 3.05) is 5.01 Å². The summed E-state index contributed by atoms with van der Waals surface area (Å²) < 4.78 is 13.1. The van der Waals surface area contributed by atoms with Crippen molar-refractivity contribution < 1.29 is 9.18 Å². The number of rotatable bonds is 4. The Morgan fingerprint density at radius 1 is 1.45 bits per heavy atom. The minimum absolute atomic E-state index is 0.186. The van der Waals surface area contributed by atoms with Crippen molar-refractivity contribution in [1.29, 1.82) is 0 Å². The van der Waals surface area contributed by atoms with Crippen LogP contribution >= 0.6 is 0 Å². The number of hydrogen-bond donors (Lipinski definition) is 2. The highest BCUT2D eigenvalue weighted by atomic mass is 19.1. The molecule has 6 nitrogen and oxygen atoms in total. The summed E-state index contributed by atoms with van der Waals surface area (Å²) in [5.74, 6) is 5.50. The minimum atomic E-state index is -0.516. The monoisotopic (exact) mass is 305 g/mol. The normalized spacial score (nSPS) is 19.2. The summed E-state index contributed by atoms with van der Waals surface area (Å²) in [6.07, 6.45) is 0.611. The molecule has 0 aromatic heterocycles. The van der Waals surface area contributed by atoms with Gasteiger partial charge in [-0.25, -0.2) is 9.40 Å². The van der Waals surface area contributed by atoms with Crippen LogP contribution in [0.5, 0.6) is 0 Å². The Morgan fingerprint density at radius 2 is 2.09 bits per heavy atom. The van der Waals surface area contributed by atoms with E-state index in [-0.39, 0.29) is 11.7 Å². The molecule has 0 fully saturated rings. The van der Waals surface area contributed by atoms with Gasteiger partial charge in [0.1, 0.15) is 17.6 Å². The zero-order valence-corrected chi connectivity index (χ0v) is 12.9. The topological polar surface area (TPSA) is 83.1 Å². The summed E-state index contributed by atoms with van der Waals surface area (Å²) in [5.41, 5.74) is 3.93. The molecule has 0 bridgehead atoms. The molecule has 22 heavy (non-hydrogen) atoms. The van der Waals surface area contributed by atoms with Crippen LogP contribution in [-0.4, -0.2) is 23.5 Å². The molecular formula is C15H20FN5O. The molecule has 1 amide bonds. The summed E-state index contributed by atoms with van der Waals surface area (Å²) >= 11 is 0. The maximum absolute atomic E-state index is 13.1. The molecule has 1 aliphatic rings. The van der Waals surface area contributed by atoms with Crippen LogP contribution in [0.1, 0.15) is 27.2 Å². The number of carbonyl (C=O) groups excluding carboxylic acids is 1. The van der Waals surface area contributed by atoms with E-state index in [0.717, 1.165) is 0 Å². The summed E-state index contributed by atoms with van der Waals surface area (Å²) in [6.45, 7) is 5.75. The van der Waals surface area contributed by atoms with Crippen LogP contribution in [0.25, 0.3) is 0 Å². The quantitative estimate of drug-likeness (QED) is 0.506. The van der Waals surface area contributed by atoms with Crippen molar-refractivity contribution in [3.8, 4) is 0 Å². The van der Waals surface area contributed by atoms with E-state index in [2.05, 4.69) is 15.5 Å². The lowest BCUT2D eigenvalue weighted by Gasteiger charge is -2.32. The SMILES string of the molecule is C/C(=N/N)C1=NC(CC(C)C)C(=O)N(c2ccc(F)cc2)N1. The third-order valence-electron chi connectivity index (χ3n) is 3.32. The third-order valence-corrected chi connectivity index (χ3v) is 3.32. The number of nitrogens with one attached hydrogen (secondary N) is 1. The number of carbonyl (C=O) groups is 1. The fourth-order valence-electron chi connectivity index (χ4n) is 2.17. The van der Waals surface area contributed by atoms with Gasteiger partial charge >= 0.3 is 0 Å². The van der Waals surface area contributed by atoms with E-state index in [1.807, 2.05) is 13.8 Å². The Labute approximate surface area is 128 Å². The second-order valence-electron chi connectivity index (χ2n) is 5.60. The molecular weight excluding hydrogens is 285 g/mol. The fourth-order valence-corrected chi connectivity index (χ4v) is 2.17. The van der Waals surface area contributed by atoms with Gasteiger partial charge in [0, 0.05) is 0 Å². The molecule has 1 heterocycles. The predicted molar refractivity (Wildman–Crippen MR) is 85.0 cm³/mol. The lowest BCUT2D eigenvalue weighted by Crippen LogP contribution is -2.56. The standard InChI is InChI=1S/C15H20FN5O/c1-9(2)8-13-15(22)21(12-6-4-11(16)5-7-12)20-14(18-13)10(3)19-17/h4-7,9,13H,8,17H2,1-3H3,(H,18,20)/b19-10-. The minimum Gasteiger partial charge on any atom is -0.323 e. The Balaban J connectivity index is 2.37. The van der Waals surface area contributed by atoms with E-state index < -0.39 is 6.04 Å². The fraction of sp³-hybridized carbons (Fsp3) is 0.400. The molecule has 0 spiro atoms. The number of aliphatic imine (C=N–C) groups is 1. The zero-order valence-electron chi connectivity index (χ0n) is 12.9. The average molecular weight is 305 g/mol. The first-order chi connectivity index (χ1) is 10.4. The first kappa shape index (κ1) is 15.9. The molecule has 1 aromatic rings. The van der Waals surface area contributed by atoms with Crippen LogP contribution in [0.4, 0.5) is 10.1 Å². The van der Waals surface area contributed by atoms with Crippen LogP contribution in [0.15, 0.2) is 34.4 Å². The van der Waals surface area contributed by atoms with Crippen molar-refractivity contribution in [3.63, 3.8) is 0 Å². The van der Waals surface area contributed by atoms with E-state index in [0.29, 0.717) is 29.6 Å². The number of hydrogen-bond acceptors (Lipinski definition) is 5. The van der Waals surface area contributed by atoms with E-state index in [1.165, 1.54) is 29.3 Å². The predicted octanol–water partition coefficient (Wildman–Crippen LogP) is 1.82. The molecule has 1 atom stereocenters. The van der Waals surface area contributed by atoms with Gasteiger partial charge in [-0.15, -0.1) is 0 Å². The Kier molecular flexibility index (Phi) is 4.75. The number of anilines is 1. The summed E-state index contributed by atoms with van der Waals surface area (Å²) in [7, 11) is 0. The maximum atomic E-state index is 13.1. The van der Waals surface area contributed by atoms with Gasteiger partial charge in [-0.1, -0.05) is 13.8 Å². The van der Waals surface area contributed by atoms with Crippen molar-refractivity contribution in [2.24, 2.45) is 21.9 Å². The maximum Gasteiger partial charge on any atom is 0.270 e. The summed E-state index contributed by atoms with van der Waals surface area (Å²) in [4.78, 5) is 17.0. The Bertz CT molecular complexity index is 609. The van der Waals surface area contributed by atoms with Crippen molar-refractivity contribution in [2.45, 2.75) is 33.2 Å². The van der Waals surface area contributed by atoms with Gasteiger partial charge in [-0.05, 0) is 43.5 Å². The number of nitrogens with zero attached hydrogens (tertiary/aromatic N) is 3. The van der Waals surface area contributed by atoms with E-state index in [1.54, 1.807) is 6.92 Å². The zero-order chi connectivity index (χ0) is 16.3. The molecule has 1 unspecified atom stereocenters. The smallest absolute Gasteiger partial charge is 0.270 e. The van der Waals surface area contributed by atoms with E-state index in [9.17, 15) is 9.18 Å². The summed E-state index contributed by atoms with van der Waals surface area (Å²) in [5, 5.41) is 4.98. The van der Waals surface area contributed by atoms with Crippen molar-refractivity contribution in [1.82, 2.24) is 5.43 Å². The lowest BCUT2D eigenvalue weighted by atomic mass is 10.0. The first-order valence-electron chi connectivity index (χ1n) is 7.11. The van der Waals surface area contributed by atoms with Gasteiger partial charge in [0.05, 0.1) is 5.69 Å². The van der Waals surface area contributed by atoms with Crippen LogP contribution < -0.4 is 16.3 Å². The lowest BCUT2D eigenvalue weighted by molar-refractivity contribution is -0.120. The highest BCUT2D eigenvalue weighted by Crippen LogP contribution is 2.20. The molecule has 118 valence electrons. The molecule has 1 aliphatic heterocycles. The largest absolute Gasteiger partial charge is 0.323 e. The molecule has 0 saturated heterocycles. The molecule has 0 aliphatic carbocycles. The number of nitrogens with two attached hydrogens (primary N) is 1. The number of hydrazone groups is 1. The molecule has 0 radical (unpaired) electrons. The van der Waals surface area contributed by atoms with Crippen LogP contribution in [0.3, 0.4) is 0 Å². The highest BCUT2D eigenvalue weighted by Gasteiger charge is 2.32. The van der Waals surface area contributed by atoms with Crippen molar-refractivity contribution in [3.05, 3.63) is 30.1 Å². The Hall–Kier alpha value is -2.44. The van der Waals surface area contributed by atoms with E-state index in [4.69, 9.17) is 5.84 Å². The highest BCUT2D eigenvalue weighted by molar-refractivity contribution is 6.42. The van der Waals surface area contributed by atoms with Crippen LogP contribution in [0, 0.1) is 11.7 Å². The second-order valence-corrected chi connectivity index (χ2v) is 5.60. The first-order valence-corrected chi connectivity index (χ1v) is 7.11. The van der Waals surface area contributed by atoms with E-state index >= 15 is 0 Å². The summed E-state index contributed by atoms with van der Waals surface area (Å²) in [6, 6.07) is 5.15. The van der Waals surface area contributed by atoms with Crippen LogP contribution in [0.2, 0.25) is 0 Å². The van der Waals surface area contributed by atoms with Gasteiger partial charge in [-0.3, -0.25) is 15.2 Å². The molecule has 2 rings (SSSR count). The van der Waals surface area contributed by atoms with Crippen LogP contribution in [-0.2, 0) is 4.79 Å².